The third-order valence-corrected chi connectivity index (χ3v) is 7.12. The smallest absolute Gasteiger partial charge is 0.383 e. The van der Waals surface area contributed by atoms with Crippen LogP contribution in [0.2, 0.25) is 5.02 Å². The molecule has 34 heavy (non-hydrogen) atoms. The minimum atomic E-state index is -4.68. The number of rotatable bonds is 5. The number of fused-ring (bicyclic) bond motifs is 1. The van der Waals surface area contributed by atoms with E-state index in [2.05, 4.69) is 15.3 Å². The number of alkyl halides is 3. The van der Waals surface area contributed by atoms with Crippen molar-refractivity contribution >= 4 is 38.4 Å². The lowest BCUT2D eigenvalue weighted by Crippen LogP contribution is -2.51. The van der Waals surface area contributed by atoms with Crippen LogP contribution in [0.1, 0.15) is 30.1 Å². The lowest BCUT2D eigenvalue weighted by Gasteiger charge is -2.37. The fourth-order valence-electron chi connectivity index (χ4n) is 4.16. The quantitative estimate of drug-likeness (QED) is 0.491. The molecule has 1 aliphatic rings. The molecular formula is C21H20ClF4N5O2S. The number of aromatic nitrogens is 2. The maximum Gasteiger partial charge on any atom is 0.433 e. The molecule has 0 radical (unpaired) electrons. The van der Waals surface area contributed by atoms with E-state index in [4.69, 9.17) is 16.7 Å². The Morgan fingerprint density at radius 2 is 1.97 bits per heavy atom. The Kier molecular flexibility index (Phi) is 6.69. The second kappa shape index (κ2) is 9.25. The van der Waals surface area contributed by atoms with E-state index in [9.17, 15) is 26.0 Å². The average Bonchev–Trinajstić information content (AvgIpc) is 2.76. The van der Waals surface area contributed by atoms with Gasteiger partial charge in [0.1, 0.15) is 11.5 Å². The van der Waals surface area contributed by atoms with Crippen LogP contribution in [0.4, 0.5) is 23.2 Å². The van der Waals surface area contributed by atoms with E-state index in [1.54, 1.807) is 0 Å². The largest absolute Gasteiger partial charge is 0.433 e. The molecule has 7 nitrogen and oxygen atoms in total. The van der Waals surface area contributed by atoms with Gasteiger partial charge >= 0.3 is 6.18 Å². The minimum absolute atomic E-state index is 0.0307. The van der Waals surface area contributed by atoms with Gasteiger partial charge in [0.2, 0.25) is 0 Å². The highest BCUT2D eigenvalue weighted by atomic mass is 35.5. The molecule has 182 valence electrons. The van der Waals surface area contributed by atoms with E-state index in [-0.39, 0.29) is 36.6 Å². The summed E-state index contributed by atoms with van der Waals surface area (Å²) in [4.78, 5) is 7.76. The van der Waals surface area contributed by atoms with Crippen molar-refractivity contribution in [1.82, 2.24) is 14.3 Å². The molecule has 0 spiro atoms. The molecule has 3 heterocycles. The van der Waals surface area contributed by atoms with Gasteiger partial charge in [-0.05, 0) is 49.2 Å². The maximum absolute atomic E-state index is 13.4. The Bertz CT molecular complexity index is 1310. The number of nitrogens with one attached hydrogen (secondary N) is 1. The molecule has 1 aliphatic heterocycles. The number of hydrogen-bond donors (Lipinski definition) is 2. The van der Waals surface area contributed by atoms with Crippen molar-refractivity contribution in [3.05, 3.63) is 64.8 Å². The Hall–Kier alpha value is -2.54. The van der Waals surface area contributed by atoms with E-state index >= 15 is 0 Å². The van der Waals surface area contributed by atoms with Crippen LogP contribution in [0.15, 0.2) is 42.6 Å². The van der Waals surface area contributed by atoms with E-state index in [0.717, 1.165) is 16.6 Å². The zero-order chi connectivity index (χ0) is 24.7. The third-order valence-electron chi connectivity index (χ3n) is 5.75. The van der Waals surface area contributed by atoms with Crippen molar-refractivity contribution in [2.75, 3.05) is 18.4 Å². The lowest BCUT2D eigenvalue weighted by atomic mass is 9.89. The molecule has 3 N–H and O–H groups in total. The molecule has 4 rings (SSSR count). The maximum atomic E-state index is 13.4. The molecular weight excluding hydrogens is 498 g/mol. The summed E-state index contributed by atoms with van der Waals surface area (Å²) < 4.78 is 78.9. The van der Waals surface area contributed by atoms with Crippen molar-refractivity contribution in [3.63, 3.8) is 0 Å². The normalized spacial score (nSPS) is 19.9. The van der Waals surface area contributed by atoms with Crippen molar-refractivity contribution < 1.29 is 26.0 Å². The van der Waals surface area contributed by atoms with E-state index < -0.39 is 33.9 Å². The van der Waals surface area contributed by atoms with Gasteiger partial charge in [-0.15, -0.1) is 0 Å². The Morgan fingerprint density at radius 3 is 2.62 bits per heavy atom. The highest BCUT2D eigenvalue weighted by Gasteiger charge is 2.36. The van der Waals surface area contributed by atoms with Gasteiger partial charge < -0.3 is 5.32 Å². The van der Waals surface area contributed by atoms with Crippen LogP contribution < -0.4 is 10.5 Å². The second-order valence-corrected chi connectivity index (χ2v) is 9.96. The molecule has 2 aromatic heterocycles. The van der Waals surface area contributed by atoms with Crippen molar-refractivity contribution in [2.45, 2.75) is 31.0 Å². The van der Waals surface area contributed by atoms with E-state index in [1.807, 2.05) is 0 Å². The number of benzene rings is 1. The first-order valence-corrected chi connectivity index (χ1v) is 12.1. The number of piperidine rings is 1. The molecule has 0 amide bonds. The van der Waals surface area contributed by atoms with Gasteiger partial charge in [0, 0.05) is 46.8 Å². The molecule has 0 saturated carbocycles. The molecule has 3 aromatic rings. The molecule has 1 aromatic carbocycles. The molecule has 2 unspecified atom stereocenters. The van der Waals surface area contributed by atoms with Crippen LogP contribution in [0.3, 0.4) is 0 Å². The van der Waals surface area contributed by atoms with Crippen LogP contribution in [0.25, 0.3) is 10.9 Å². The molecule has 1 saturated heterocycles. The minimum Gasteiger partial charge on any atom is -0.383 e. The van der Waals surface area contributed by atoms with Crippen LogP contribution in [-0.4, -0.2) is 41.8 Å². The van der Waals surface area contributed by atoms with Gasteiger partial charge in [-0.3, -0.25) is 4.98 Å². The zero-order valence-corrected chi connectivity index (χ0v) is 19.1. The van der Waals surface area contributed by atoms with Crippen molar-refractivity contribution in [1.29, 1.82) is 0 Å². The zero-order valence-electron chi connectivity index (χ0n) is 17.6. The Morgan fingerprint density at radius 1 is 1.21 bits per heavy atom. The molecule has 1 fully saturated rings. The van der Waals surface area contributed by atoms with Crippen LogP contribution in [-0.2, 0) is 16.4 Å². The second-order valence-electron chi connectivity index (χ2n) is 8.03. The third kappa shape index (κ3) is 5.40. The summed E-state index contributed by atoms with van der Waals surface area (Å²) in [6.07, 6.45) is -2.89. The van der Waals surface area contributed by atoms with E-state index in [0.29, 0.717) is 22.5 Å². The summed E-state index contributed by atoms with van der Waals surface area (Å²) in [5.41, 5.74) is -0.301. The number of pyridine rings is 2. The molecule has 0 aliphatic carbocycles. The van der Waals surface area contributed by atoms with Crippen molar-refractivity contribution in [3.8, 4) is 0 Å². The van der Waals surface area contributed by atoms with E-state index in [1.165, 1.54) is 30.3 Å². The predicted molar refractivity (Wildman–Crippen MR) is 120 cm³/mol. The van der Waals surface area contributed by atoms with Crippen LogP contribution in [0.5, 0.6) is 0 Å². The fourth-order valence-corrected chi connectivity index (χ4v) is 5.27. The van der Waals surface area contributed by atoms with Gasteiger partial charge in [0.05, 0.1) is 11.7 Å². The van der Waals surface area contributed by atoms with Gasteiger partial charge in [0.15, 0.2) is 0 Å². The number of nitrogens with two attached hydrogens (primary N) is 1. The summed E-state index contributed by atoms with van der Waals surface area (Å²) in [6, 6.07) is 7.28. The fraction of sp³-hybridized carbons (Fsp3) is 0.333. The Balaban J connectivity index is 1.65. The van der Waals surface area contributed by atoms with Gasteiger partial charge in [-0.25, -0.2) is 14.5 Å². The first-order chi connectivity index (χ1) is 15.9. The molecule has 0 bridgehead atoms. The van der Waals surface area contributed by atoms with Crippen LogP contribution in [0, 0.1) is 5.82 Å². The summed E-state index contributed by atoms with van der Waals surface area (Å²) in [5, 5.41) is 9.00. The lowest BCUT2D eigenvalue weighted by molar-refractivity contribution is -0.140. The summed E-state index contributed by atoms with van der Waals surface area (Å²) in [6.45, 7) is 0.0582. The predicted octanol–water partition coefficient (Wildman–Crippen LogP) is 4.30. The first kappa shape index (κ1) is 24.6. The molecule has 13 heteroatoms. The Labute approximate surface area is 198 Å². The van der Waals surface area contributed by atoms with Crippen LogP contribution >= 0.6 is 11.6 Å². The van der Waals surface area contributed by atoms with Gasteiger partial charge in [-0.1, -0.05) is 11.6 Å². The number of halogens is 5. The summed E-state index contributed by atoms with van der Waals surface area (Å²) in [5.74, 6) is -0.674. The summed E-state index contributed by atoms with van der Waals surface area (Å²) in [7, 11) is -4.07. The number of anilines is 1. The molecule has 2 atom stereocenters. The average molecular weight is 518 g/mol. The standard InChI is InChI=1S/C21H20ClF4N5O2S/c22-13-1-3-18-16(8-13)19(9-20(30-18)21(24,25)26)29-11-15-7-12(5-6-31(15)34(27,32)33)17-4-2-14(23)10-28-17/h1-4,8-10,12,15H,5-7,11H2,(H,29,30)(H2,27,32,33). The monoisotopic (exact) mass is 517 g/mol. The first-order valence-electron chi connectivity index (χ1n) is 10.2. The highest BCUT2D eigenvalue weighted by molar-refractivity contribution is 7.86. The number of hydrogen-bond acceptors (Lipinski definition) is 5. The SMILES string of the molecule is NS(=O)(=O)N1CCC(c2ccc(F)cn2)CC1CNc1cc(C(F)(F)F)nc2ccc(Cl)cc12. The highest BCUT2D eigenvalue weighted by Crippen LogP contribution is 2.35. The van der Waals surface area contributed by atoms with Crippen molar-refractivity contribution in [2.24, 2.45) is 5.14 Å². The number of nitrogens with zero attached hydrogens (tertiary/aromatic N) is 3. The summed E-state index contributed by atoms with van der Waals surface area (Å²) >= 11 is 6.03. The van der Waals surface area contributed by atoms with Gasteiger partial charge in [0.25, 0.3) is 10.2 Å². The topological polar surface area (TPSA) is 101 Å². The van der Waals surface area contributed by atoms with Gasteiger partial charge in [-0.2, -0.15) is 25.9 Å².